The quantitative estimate of drug-likeness (QED) is 0.399. The number of carboxylic acids is 1. The fraction of sp³-hybridized carbons (Fsp3) is 0.250. The molecule has 0 radical (unpaired) electrons. The summed E-state index contributed by atoms with van der Waals surface area (Å²) in [6.07, 6.45) is 3.48. The van der Waals surface area contributed by atoms with Crippen LogP contribution in [-0.2, 0) is 22.6 Å². The number of benzene rings is 1. The number of aryl methyl sites for hydroxylation is 2. The lowest BCUT2D eigenvalue weighted by molar-refractivity contribution is -0.139. The average molecular weight is 411 g/mol. The van der Waals surface area contributed by atoms with E-state index in [0.717, 1.165) is 5.56 Å². The summed E-state index contributed by atoms with van der Waals surface area (Å²) in [5, 5.41) is 12.1. The van der Waals surface area contributed by atoms with Gasteiger partial charge in [-0.1, -0.05) is 12.1 Å². The molecule has 0 unspecified atom stereocenters. The Morgan fingerprint density at radius 2 is 1.93 bits per heavy atom. The van der Waals surface area contributed by atoms with E-state index in [2.05, 4.69) is 15.3 Å². The van der Waals surface area contributed by atoms with Crippen molar-refractivity contribution in [3.8, 4) is 0 Å². The Morgan fingerprint density at radius 1 is 1.20 bits per heavy atom. The number of aliphatic carboxylic acids is 1. The number of carbonyl (C=O) groups excluding carboxylic acids is 2. The normalized spacial score (nSPS) is 11.9. The third-order valence-electron chi connectivity index (χ3n) is 4.68. The van der Waals surface area contributed by atoms with Gasteiger partial charge in [0.1, 0.15) is 11.7 Å². The number of H-pyrrole nitrogens is 1. The highest BCUT2D eigenvalue weighted by Gasteiger charge is 2.21. The van der Waals surface area contributed by atoms with Gasteiger partial charge in [-0.3, -0.25) is 19.0 Å². The molecule has 5 N–H and O–H groups in total. The summed E-state index contributed by atoms with van der Waals surface area (Å²) in [4.78, 5) is 53.8. The molecule has 0 fully saturated rings. The lowest BCUT2D eigenvalue weighted by atomic mass is 10.1. The largest absolute Gasteiger partial charge is 0.480 e. The number of hydrogen-bond donors (Lipinski definition) is 4. The van der Waals surface area contributed by atoms with Crippen LogP contribution in [0.3, 0.4) is 0 Å². The molecule has 1 aromatic carbocycles. The molecule has 0 spiro atoms. The first-order valence-electron chi connectivity index (χ1n) is 9.28. The minimum Gasteiger partial charge on any atom is -0.480 e. The number of carbonyl (C=O) groups is 3. The molecule has 0 aliphatic heterocycles. The zero-order valence-electron chi connectivity index (χ0n) is 16.0. The summed E-state index contributed by atoms with van der Waals surface area (Å²) in [5.41, 5.74) is 6.63. The molecule has 0 saturated carbocycles. The van der Waals surface area contributed by atoms with E-state index in [1.807, 2.05) is 0 Å². The third kappa shape index (κ3) is 4.90. The molecule has 10 heteroatoms. The van der Waals surface area contributed by atoms with Gasteiger partial charge in [-0.15, -0.1) is 0 Å². The first kappa shape index (κ1) is 20.8. The highest BCUT2D eigenvalue weighted by molar-refractivity contribution is 5.96. The van der Waals surface area contributed by atoms with Crippen LogP contribution in [0.2, 0.25) is 0 Å². The average Bonchev–Trinajstić information content (AvgIpc) is 3.20. The van der Waals surface area contributed by atoms with Crippen molar-refractivity contribution in [2.45, 2.75) is 31.8 Å². The van der Waals surface area contributed by atoms with Crippen LogP contribution in [0.25, 0.3) is 11.0 Å². The van der Waals surface area contributed by atoms with Crippen LogP contribution in [0.1, 0.15) is 28.8 Å². The van der Waals surface area contributed by atoms with Gasteiger partial charge in [0.15, 0.2) is 0 Å². The molecule has 2 heterocycles. The van der Waals surface area contributed by atoms with Crippen LogP contribution in [0.15, 0.2) is 47.7 Å². The molecule has 0 aliphatic rings. The van der Waals surface area contributed by atoms with Crippen molar-refractivity contribution in [1.82, 2.24) is 19.9 Å². The maximum atomic E-state index is 12.4. The van der Waals surface area contributed by atoms with Crippen molar-refractivity contribution in [2.24, 2.45) is 5.73 Å². The summed E-state index contributed by atoms with van der Waals surface area (Å²) in [6.45, 7) is 0.423. The summed E-state index contributed by atoms with van der Waals surface area (Å²) >= 11 is 0. The maximum Gasteiger partial charge on any atom is 0.326 e. The number of aromatic nitrogens is 3. The van der Waals surface area contributed by atoms with E-state index in [1.165, 1.54) is 10.9 Å². The van der Waals surface area contributed by atoms with Gasteiger partial charge in [-0.2, -0.15) is 0 Å². The topological polar surface area (TPSA) is 160 Å². The van der Waals surface area contributed by atoms with Gasteiger partial charge < -0.3 is 21.1 Å². The number of carboxylic acid groups (broad SMARTS) is 1. The van der Waals surface area contributed by atoms with Gasteiger partial charge in [-0.05, 0) is 36.6 Å². The second-order valence-electron chi connectivity index (χ2n) is 6.80. The Morgan fingerprint density at radius 3 is 2.60 bits per heavy atom. The van der Waals surface area contributed by atoms with Crippen molar-refractivity contribution < 1.29 is 19.5 Å². The molecule has 0 saturated heterocycles. The van der Waals surface area contributed by atoms with E-state index in [0.29, 0.717) is 24.0 Å². The molecule has 10 nitrogen and oxygen atoms in total. The van der Waals surface area contributed by atoms with Crippen LogP contribution < -0.4 is 16.6 Å². The van der Waals surface area contributed by atoms with Crippen molar-refractivity contribution in [2.75, 3.05) is 0 Å². The second kappa shape index (κ2) is 9.03. The van der Waals surface area contributed by atoms with Crippen molar-refractivity contribution >= 4 is 28.8 Å². The van der Waals surface area contributed by atoms with Gasteiger partial charge in [0.25, 0.3) is 11.5 Å². The van der Waals surface area contributed by atoms with E-state index >= 15 is 0 Å². The van der Waals surface area contributed by atoms with Crippen molar-refractivity contribution in [3.05, 3.63) is 64.3 Å². The van der Waals surface area contributed by atoms with Gasteiger partial charge in [0.2, 0.25) is 5.91 Å². The minimum absolute atomic E-state index is 0.0806. The lowest BCUT2D eigenvalue weighted by Gasteiger charge is -2.14. The number of aromatic amines is 1. The predicted molar refractivity (Wildman–Crippen MR) is 108 cm³/mol. The second-order valence-corrected chi connectivity index (χ2v) is 6.80. The highest BCUT2D eigenvalue weighted by atomic mass is 16.4. The Labute approximate surface area is 170 Å². The number of fused-ring (bicyclic) bond motifs is 1. The molecule has 2 amide bonds. The SMILES string of the molecule is NC(=O)CC[C@H](NC(=O)c1ccc(CCn2cnc3[nH]ccc3c2=O)cc1)C(=O)O. The minimum atomic E-state index is -1.24. The number of nitrogens with one attached hydrogen (secondary N) is 2. The summed E-state index contributed by atoms with van der Waals surface area (Å²) in [6, 6.07) is 7.11. The van der Waals surface area contributed by atoms with E-state index in [9.17, 15) is 24.3 Å². The number of primary amides is 1. The first-order valence-corrected chi connectivity index (χ1v) is 9.28. The standard InChI is InChI=1S/C20H21N5O5/c21-16(26)6-5-15(20(29)30)24-18(27)13-3-1-12(2-4-13)8-10-25-11-23-17-14(19(25)28)7-9-22-17/h1-4,7,9,11,15,22H,5-6,8,10H2,(H2,21,26)(H,24,27)(H,29,30)/t15-/m0/s1. The molecule has 30 heavy (non-hydrogen) atoms. The van der Waals surface area contributed by atoms with Crippen LogP contribution in [0, 0.1) is 0 Å². The van der Waals surface area contributed by atoms with E-state index in [1.54, 1.807) is 36.5 Å². The third-order valence-corrected chi connectivity index (χ3v) is 4.68. The van der Waals surface area contributed by atoms with E-state index < -0.39 is 23.8 Å². The van der Waals surface area contributed by atoms with Crippen LogP contribution in [0.5, 0.6) is 0 Å². The molecule has 3 aromatic rings. The molecule has 3 rings (SSSR count). The fourth-order valence-electron chi connectivity index (χ4n) is 2.99. The number of nitrogens with two attached hydrogens (primary N) is 1. The number of rotatable bonds is 9. The fourth-order valence-corrected chi connectivity index (χ4v) is 2.99. The van der Waals surface area contributed by atoms with Gasteiger partial charge >= 0.3 is 5.97 Å². The molecular formula is C20H21N5O5. The van der Waals surface area contributed by atoms with Crippen LogP contribution >= 0.6 is 0 Å². The summed E-state index contributed by atoms with van der Waals surface area (Å²) in [7, 11) is 0. The number of amides is 2. The first-order chi connectivity index (χ1) is 14.3. The van der Waals surface area contributed by atoms with E-state index in [4.69, 9.17) is 5.73 Å². The Balaban J connectivity index is 1.61. The monoisotopic (exact) mass is 411 g/mol. The van der Waals surface area contributed by atoms with Gasteiger partial charge in [0.05, 0.1) is 11.7 Å². The molecule has 1 atom stereocenters. The number of nitrogens with zero attached hydrogens (tertiary/aromatic N) is 2. The predicted octanol–water partition coefficient (Wildman–Crippen LogP) is 0.416. The Hall–Kier alpha value is -3.95. The summed E-state index contributed by atoms with van der Waals surface area (Å²) in [5.74, 6) is -2.43. The Bertz CT molecular complexity index is 1130. The molecule has 156 valence electrons. The maximum absolute atomic E-state index is 12.4. The van der Waals surface area contributed by atoms with E-state index in [-0.39, 0.29) is 24.0 Å². The number of hydrogen-bond acceptors (Lipinski definition) is 5. The van der Waals surface area contributed by atoms with Crippen molar-refractivity contribution in [3.63, 3.8) is 0 Å². The Kier molecular flexibility index (Phi) is 6.26. The lowest BCUT2D eigenvalue weighted by Crippen LogP contribution is -2.41. The molecular weight excluding hydrogens is 390 g/mol. The van der Waals surface area contributed by atoms with Crippen LogP contribution in [-0.4, -0.2) is 43.5 Å². The zero-order valence-corrected chi connectivity index (χ0v) is 16.0. The highest BCUT2D eigenvalue weighted by Crippen LogP contribution is 2.08. The summed E-state index contributed by atoms with van der Waals surface area (Å²) < 4.78 is 1.52. The molecule has 0 bridgehead atoms. The van der Waals surface area contributed by atoms with Gasteiger partial charge in [0, 0.05) is 24.7 Å². The molecule has 0 aliphatic carbocycles. The van der Waals surface area contributed by atoms with Crippen molar-refractivity contribution in [1.29, 1.82) is 0 Å². The molecule has 2 aromatic heterocycles. The smallest absolute Gasteiger partial charge is 0.326 e. The van der Waals surface area contributed by atoms with Crippen LogP contribution in [0.4, 0.5) is 0 Å². The van der Waals surface area contributed by atoms with Gasteiger partial charge in [-0.25, -0.2) is 9.78 Å². The zero-order chi connectivity index (χ0) is 21.7.